The number of rotatable bonds is 12. The Bertz CT molecular complexity index is 1380. The first kappa shape index (κ1) is 30.2. The number of piperidine rings is 1. The number of carbonyl (C=O) groups is 3. The van der Waals surface area contributed by atoms with Crippen LogP contribution in [0.4, 0.5) is 5.69 Å². The third-order valence-corrected chi connectivity index (χ3v) is 7.68. The molecule has 2 fully saturated rings. The molecule has 226 valence electrons. The summed E-state index contributed by atoms with van der Waals surface area (Å²) in [5.41, 5.74) is 2.98. The van der Waals surface area contributed by atoms with Crippen molar-refractivity contribution in [3.63, 3.8) is 0 Å². The lowest BCUT2D eigenvalue weighted by Gasteiger charge is -2.23. The molecular weight excluding hydrogens is 550 g/mol. The number of carboxylic acid groups (broad SMARTS) is 1. The number of hydrogen-bond donors (Lipinski definition) is 4. The normalized spacial score (nSPS) is 20.6. The van der Waals surface area contributed by atoms with Crippen molar-refractivity contribution in [1.29, 1.82) is 0 Å². The Labute approximate surface area is 250 Å². The number of carboxylic acids is 1. The van der Waals surface area contributed by atoms with Gasteiger partial charge in [0.2, 0.25) is 0 Å². The third-order valence-electron chi connectivity index (χ3n) is 7.68. The summed E-state index contributed by atoms with van der Waals surface area (Å²) >= 11 is 0. The van der Waals surface area contributed by atoms with Crippen LogP contribution in [0, 0.1) is 0 Å². The summed E-state index contributed by atoms with van der Waals surface area (Å²) in [5, 5.41) is 18.7. The molecule has 3 aromatic rings. The molecule has 0 aromatic heterocycles. The molecule has 2 heterocycles. The Morgan fingerprint density at radius 3 is 2.35 bits per heavy atom. The molecule has 0 spiro atoms. The number of carbonyl (C=O) groups excluding carboxylic acids is 2. The lowest BCUT2D eigenvalue weighted by molar-refractivity contribution is -0.144. The quantitative estimate of drug-likeness (QED) is 0.252. The van der Waals surface area contributed by atoms with Gasteiger partial charge in [0, 0.05) is 23.7 Å². The Morgan fingerprint density at radius 2 is 1.63 bits per heavy atom. The van der Waals surface area contributed by atoms with Gasteiger partial charge in [-0.1, -0.05) is 67.1 Å². The summed E-state index contributed by atoms with van der Waals surface area (Å²) in [5.74, 6) is -1.81. The zero-order valence-electron chi connectivity index (χ0n) is 23.9. The first-order chi connectivity index (χ1) is 21.0. The molecule has 2 aliphatic heterocycles. The molecule has 10 heteroatoms. The van der Waals surface area contributed by atoms with Crippen molar-refractivity contribution in [2.45, 2.75) is 56.4 Å². The van der Waals surface area contributed by atoms with E-state index < -0.39 is 36.0 Å². The zero-order chi connectivity index (χ0) is 30.0. The molecule has 1 unspecified atom stereocenters. The summed E-state index contributed by atoms with van der Waals surface area (Å²) < 4.78 is 16.7. The smallest absolute Gasteiger partial charge is 0.326 e. The lowest BCUT2D eigenvalue weighted by Crippen LogP contribution is -2.51. The van der Waals surface area contributed by atoms with Gasteiger partial charge in [-0.3, -0.25) is 9.59 Å². The van der Waals surface area contributed by atoms with Gasteiger partial charge in [0.15, 0.2) is 12.2 Å². The van der Waals surface area contributed by atoms with Crippen LogP contribution in [0.2, 0.25) is 0 Å². The maximum absolute atomic E-state index is 13.2. The van der Waals surface area contributed by atoms with Crippen LogP contribution in [0.15, 0.2) is 78.9 Å². The zero-order valence-corrected chi connectivity index (χ0v) is 23.9. The van der Waals surface area contributed by atoms with Gasteiger partial charge in [-0.2, -0.15) is 0 Å². The Kier molecular flexibility index (Phi) is 10.4. The van der Waals surface area contributed by atoms with Crippen LogP contribution < -0.4 is 20.7 Å². The molecule has 2 amide bonds. The van der Waals surface area contributed by atoms with Crippen LogP contribution in [-0.4, -0.2) is 67.1 Å². The minimum absolute atomic E-state index is 0.0439. The van der Waals surface area contributed by atoms with Crippen molar-refractivity contribution in [2.75, 3.05) is 25.3 Å². The largest absolute Gasteiger partial charge is 0.494 e. The number of aliphatic carboxylic acids is 1. The molecule has 10 nitrogen and oxygen atoms in total. The van der Waals surface area contributed by atoms with E-state index in [-0.39, 0.29) is 13.2 Å². The van der Waals surface area contributed by atoms with Crippen molar-refractivity contribution < 1.29 is 33.7 Å². The molecule has 43 heavy (non-hydrogen) atoms. The second kappa shape index (κ2) is 14.8. The third kappa shape index (κ3) is 8.19. The van der Waals surface area contributed by atoms with Gasteiger partial charge in [0.05, 0.1) is 6.61 Å². The molecule has 4 atom stereocenters. The minimum Gasteiger partial charge on any atom is -0.494 e. The van der Waals surface area contributed by atoms with E-state index in [9.17, 15) is 19.5 Å². The summed E-state index contributed by atoms with van der Waals surface area (Å²) in [7, 11) is 0. The molecule has 4 N–H and O–H groups in total. The van der Waals surface area contributed by atoms with E-state index >= 15 is 0 Å². The van der Waals surface area contributed by atoms with Crippen LogP contribution in [0.1, 0.15) is 31.2 Å². The van der Waals surface area contributed by atoms with E-state index in [2.05, 4.69) is 16.0 Å². The second-order valence-electron chi connectivity index (χ2n) is 10.7. The minimum atomic E-state index is -1.31. The average Bonchev–Trinajstić information content (AvgIpc) is 3.53. The van der Waals surface area contributed by atoms with Gasteiger partial charge >= 0.3 is 5.97 Å². The first-order valence-electron chi connectivity index (χ1n) is 14.6. The van der Waals surface area contributed by atoms with Gasteiger partial charge in [0.1, 0.15) is 18.6 Å². The van der Waals surface area contributed by atoms with Crippen molar-refractivity contribution >= 4 is 23.5 Å². The molecule has 2 aliphatic rings. The number of anilines is 1. The fraction of sp³-hybridized carbons (Fsp3) is 0.364. The van der Waals surface area contributed by atoms with Crippen LogP contribution >= 0.6 is 0 Å². The molecule has 0 saturated carbocycles. The summed E-state index contributed by atoms with van der Waals surface area (Å²) in [6, 6.07) is 23.3. The SMILES string of the molecule is O=C(O)[C@H](Cc1ccc(OCCC2CCCCN2)cc1)NC(=O)[C@@H]1OCO[C@H]1C(=O)Nc1ccccc1-c1ccccc1. The van der Waals surface area contributed by atoms with Crippen molar-refractivity contribution in [3.8, 4) is 16.9 Å². The molecule has 0 aliphatic carbocycles. The highest BCUT2D eigenvalue weighted by molar-refractivity contribution is 6.01. The fourth-order valence-electron chi connectivity index (χ4n) is 5.35. The summed E-state index contributed by atoms with van der Waals surface area (Å²) in [4.78, 5) is 38.4. The Hall–Kier alpha value is -4.25. The van der Waals surface area contributed by atoms with E-state index in [0.717, 1.165) is 30.5 Å². The molecule has 0 bridgehead atoms. The molecule has 3 aromatic carbocycles. The number of ether oxygens (including phenoxy) is 3. The summed E-state index contributed by atoms with van der Waals surface area (Å²) in [6.45, 7) is 1.38. The highest BCUT2D eigenvalue weighted by Crippen LogP contribution is 2.28. The van der Waals surface area contributed by atoms with Crippen LogP contribution in [-0.2, 0) is 30.3 Å². The Morgan fingerprint density at radius 1 is 0.907 bits per heavy atom. The van der Waals surface area contributed by atoms with Crippen molar-refractivity contribution in [3.05, 3.63) is 84.4 Å². The van der Waals surface area contributed by atoms with E-state index in [1.54, 1.807) is 36.4 Å². The van der Waals surface area contributed by atoms with Crippen molar-refractivity contribution in [1.82, 2.24) is 10.6 Å². The molecular formula is C33H37N3O7. The number of nitrogens with one attached hydrogen (secondary N) is 3. The fourth-order valence-corrected chi connectivity index (χ4v) is 5.35. The maximum Gasteiger partial charge on any atom is 0.326 e. The van der Waals surface area contributed by atoms with Crippen LogP contribution in [0.3, 0.4) is 0 Å². The monoisotopic (exact) mass is 587 g/mol. The first-order valence-corrected chi connectivity index (χ1v) is 14.6. The maximum atomic E-state index is 13.2. The number of benzene rings is 3. The van der Waals surface area contributed by atoms with E-state index in [1.807, 2.05) is 42.5 Å². The second-order valence-corrected chi connectivity index (χ2v) is 10.7. The number of hydrogen-bond acceptors (Lipinski definition) is 7. The van der Waals surface area contributed by atoms with Gasteiger partial charge in [-0.15, -0.1) is 0 Å². The van der Waals surface area contributed by atoms with Gasteiger partial charge in [-0.25, -0.2) is 4.79 Å². The standard InChI is InChI=1S/C33H37N3O7/c37-31(35-27-12-5-4-11-26(27)23-8-2-1-3-9-23)29-30(43-21-42-29)32(38)36-28(33(39)40)20-22-13-15-25(16-14-22)41-19-17-24-10-6-7-18-34-24/h1-5,8-9,11-16,24,28-30,34H,6-7,10,17-21H2,(H,35,37)(H,36,38)(H,39,40)/t24?,28-,29+,30+/m0/s1. The molecule has 5 rings (SSSR count). The lowest BCUT2D eigenvalue weighted by atomic mass is 10.0. The highest BCUT2D eigenvalue weighted by Gasteiger charge is 2.42. The molecule has 0 radical (unpaired) electrons. The van der Waals surface area contributed by atoms with E-state index in [4.69, 9.17) is 14.2 Å². The van der Waals surface area contributed by atoms with Crippen LogP contribution in [0.25, 0.3) is 11.1 Å². The highest BCUT2D eigenvalue weighted by atomic mass is 16.7. The van der Waals surface area contributed by atoms with E-state index in [0.29, 0.717) is 29.6 Å². The van der Waals surface area contributed by atoms with Gasteiger partial charge in [-0.05, 0) is 55.1 Å². The average molecular weight is 588 g/mol. The van der Waals surface area contributed by atoms with Gasteiger partial charge < -0.3 is 35.3 Å². The number of para-hydroxylation sites is 1. The van der Waals surface area contributed by atoms with Crippen molar-refractivity contribution in [2.24, 2.45) is 0 Å². The topological polar surface area (TPSA) is 135 Å². The van der Waals surface area contributed by atoms with Crippen LogP contribution in [0.5, 0.6) is 5.75 Å². The predicted octanol–water partition coefficient (Wildman–Crippen LogP) is 3.76. The Balaban J connectivity index is 1.16. The van der Waals surface area contributed by atoms with E-state index in [1.165, 1.54) is 12.8 Å². The summed E-state index contributed by atoms with van der Waals surface area (Å²) in [6.07, 6.45) is 2.04. The number of amides is 2. The predicted molar refractivity (Wildman–Crippen MR) is 161 cm³/mol. The molecule has 2 saturated heterocycles. The van der Waals surface area contributed by atoms with Gasteiger partial charge in [0.25, 0.3) is 11.8 Å².